The summed E-state index contributed by atoms with van der Waals surface area (Å²) < 4.78 is 30.4. The van der Waals surface area contributed by atoms with Gasteiger partial charge in [-0.1, -0.05) is 24.6 Å². The maximum Gasteiger partial charge on any atom is 0.375 e. The van der Waals surface area contributed by atoms with Crippen molar-refractivity contribution in [2.75, 3.05) is 53.2 Å². The minimum Gasteiger partial charge on any atom is -0.492 e. The molecule has 0 spiro atoms. The third-order valence-corrected chi connectivity index (χ3v) is 12.9. The van der Waals surface area contributed by atoms with Crippen molar-refractivity contribution in [1.29, 1.82) is 0 Å². The number of esters is 1. The number of carbonyl (C=O) groups excluding carboxylic acids is 3. The molecule has 59 heavy (non-hydrogen) atoms. The van der Waals surface area contributed by atoms with E-state index in [4.69, 9.17) is 23.7 Å². The molecule has 7 rings (SSSR count). The summed E-state index contributed by atoms with van der Waals surface area (Å²) in [5.41, 5.74) is 1.85. The van der Waals surface area contributed by atoms with Crippen molar-refractivity contribution in [1.82, 2.24) is 4.90 Å². The predicted molar refractivity (Wildman–Crippen MR) is 219 cm³/mol. The van der Waals surface area contributed by atoms with Gasteiger partial charge in [-0.15, -0.1) is 0 Å². The molecule has 1 saturated heterocycles. The van der Waals surface area contributed by atoms with Gasteiger partial charge in [-0.3, -0.25) is 14.6 Å². The Hall–Kier alpha value is -4.40. The predicted octanol–water partition coefficient (Wildman–Crippen LogP) is 3.63. The smallest absolute Gasteiger partial charge is 0.375 e. The standard InChI is InChI=1S/C46H58N2O11/c1-5-31-23-30(14-17-48(31)16-7-19-55-4)46(3,54)38-24-33-41(58-38)35(26-51)43-40(42(33)57-20-8-18-49)39(34(25-50)44(59-43)45(53)56-6-2)29-10-12-37(52)32(22-29)27-9-11-36-28(21-27)13-15-47-36/h9,11,13,21,25,30-32,38,49,51,54H,5-8,10,12,14-20,22-24,26H2,1-4H3. The second kappa shape index (κ2) is 18.5. The average Bonchev–Trinajstić information content (AvgIpc) is 3.91. The van der Waals surface area contributed by atoms with Crippen LogP contribution in [0.3, 0.4) is 0 Å². The number of methoxy groups -OCH3 is 1. The molecule has 1 saturated carbocycles. The summed E-state index contributed by atoms with van der Waals surface area (Å²) in [6.07, 6.45) is 6.57. The van der Waals surface area contributed by atoms with Crippen molar-refractivity contribution in [3.8, 4) is 17.2 Å². The summed E-state index contributed by atoms with van der Waals surface area (Å²) in [6.45, 7) is 8.10. The van der Waals surface area contributed by atoms with Crippen molar-refractivity contribution in [3.63, 3.8) is 0 Å². The molecule has 1 aliphatic carbocycles. The molecule has 2 aromatic rings. The van der Waals surface area contributed by atoms with Gasteiger partial charge in [-0.2, -0.15) is 0 Å². The number of ketones is 1. The van der Waals surface area contributed by atoms with Crippen LogP contribution in [-0.4, -0.2) is 109 Å². The van der Waals surface area contributed by atoms with Crippen LogP contribution in [0, 0.1) is 5.92 Å². The molecule has 0 bridgehead atoms. The number of ether oxygens (including phenoxy) is 5. The molecular formula is C46H58N2O11. The number of hydrogen-bond acceptors (Lipinski definition) is 13. The highest BCUT2D eigenvalue weighted by molar-refractivity contribution is 6.11. The molecule has 318 valence electrons. The number of benzene rings is 2. The van der Waals surface area contributed by atoms with E-state index in [2.05, 4.69) is 16.8 Å². The molecule has 0 radical (unpaired) electrons. The highest BCUT2D eigenvalue weighted by atomic mass is 16.6. The largest absolute Gasteiger partial charge is 0.492 e. The van der Waals surface area contributed by atoms with Gasteiger partial charge in [-0.05, 0) is 87.7 Å². The van der Waals surface area contributed by atoms with Crippen molar-refractivity contribution in [2.45, 2.75) is 109 Å². The van der Waals surface area contributed by atoms with Gasteiger partial charge in [0, 0.05) is 69.2 Å². The van der Waals surface area contributed by atoms with E-state index in [0.717, 1.165) is 60.5 Å². The third kappa shape index (κ3) is 8.24. The number of aldehydes is 1. The second-order valence-corrected chi connectivity index (χ2v) is 16.4. The molecule has 2 aromatic carbocycles. The van der Waals surface area contributed by atoms with Gasteiger partial charge >= 0.3 is 5.97 Å². The van der Waals surface area contributed by atoms with E-state index >= 15 is 0 Å². The molecular weight excluding hydrogens is 757 g/mol. The van der Waals surface area contributed by atoms with Crippen molar-refractivity contribution >= 4 is 29.7 Å². The molecule has 2 fully saturated rings. The van der Waals surface area contributed by atoms with Gasteiger partial charge in [-0.25, -0.2) is 4.79 Å². The van der Waals surface area contributed by atoms with Crippen molar-refractivity contribution in [2.24, 2.45) is 10.9 Å². The number of hydrogen-bond donors (Lipinski definition) is 3. The van der Waals surface area contributed by atoms with E-state index in [1.54, 1.807) is 14.0 Å². The molecule has 13 nitrogen and oxygen atoms in total. The van der Waals surface area contributed by atoms with Crippen molar-refractivity contribution < 1.29 is 53.4 Å². The monoisotopic (exact) mass is 814 g/mol. The number of aliphatic hydroxyl groups excluding tert-OH is 2. The number of fused-ring (bicyclic) bond motifs is 3. The fraction of sp³-hybridized carbons (Fsp3) is 0.565. The van der Waals surface area contributed by atoms with Crippen LogP contribution in [0.15, 0.2) is 40.1 Å². The Morgan fingerprint density at radius 1 is 1.12 bits per heavy atom. The summed E-state index contributed by atoms with van der Waals surface area (Å²) >= 11 is 0. The second-order valence-electron chi connectivity index (χ2n) is 16.4. The fourth-order valence-corrected chi connectivity index (χ4v) is 9.74. The summed E-state index contributed by atoms with van der Waals surface area (Å²) in [6, 6.07) is 6.13. The SMILES string of the molecule is CCOC(=O)C1=C(C=O)C(=C2CCC(=O)C(c3ccc4c(c3)=CCN=4)C2)c2c(OCCCO)c3c(c(CO)c2O1)OC(C(C)(O)C1CCN(CCCOC)C(CC)C1)C3. The first kappa shape index (κ1) is 42.7. The maximum atomic E-state index is 13.7. The Bertz CT molecular complexity index is 2140. The fourth-order valence-electron chi connectivity index (χ4n) is 9.74. The first-order valence-electron chi connectivity index (χ1n) is 21.2. The van der Waals surface area contributed by atoms with Crippen LogP contribution in [0.1, 0.15) is 100 Å². The third-order valence-electron chi connectivity index (χ3n) is 12.9. The van der Waals surface area contributed by atoms with Gasteiger partial charge in [0.2, 0.25) is 5.76 Å². The number of piperidine rings is 1. The number of likely N-dealkylation sites (tertiary alicyclic amines) is 1. The summed E-state index contributed by atoms with van der Waals surface area (Å²) in [4.78, 5) is 47.6. The van der Waals surface area contributed by atoms with E-state index in [1.165, 1.54) is 0 Å². The summed E-state index contributed by atoms with van der Waals surface area (Å²) in [5.74, 6) is -1.05. The zero-order valence-electron chi connectivity index (χ0n) is 34.7. The van der Waals surface area contributed by atoms with Crippen LogP contribution in [0.2, 0.25) is 0 Å². The van der Waals surface area contributed by atoms with Crippen LogP contribution in [-0.2, 0) is 36.9 Å². The number of rotatable bonds is 16. The Morgan fingerprint density at radius 3 is 2.68 bits per heavy atom. The number of carbonyl (C=O) groups is 3. The van der Waals surface area contributed by atoms with Gasteiger partial charge in [0.25, 0.3) is 0 Å². The lowest BCUT2D eigenvalue weighted by Gasteiger charge is -2.46. The lowest BCUT2D eigenvalue weighted by molar-refractivity contribution is -0.141. The van der Waals surface area contributed by atoms with Crippen LogP contribution in [0.25, 0.3) is 11.6 Å². The molecule has 5 aliphatic rings. The Kier molecular flexibility index (Phi) is 13.4. The first-order valence-corrected chi connectivity index (χ1v) is 21.2. The highest BCUT2D eigenvalue weighted by Gasteiger charge is 2.50. The average molecular weight is 815 g/mol. The van der Waals surface area contributed by atoms with E-state index in [0.29, 0.717) is 54.7 Å². The quantitative estimate of drug-likeness (QED) is 0.128. The minimum atomic E-state index is -1.29. The van der Waals surface area contributed by atoms with Crippen molar-refractivity contribution in [3.05, 3.63) is 67.9 Å². The van der Waals surface area contributed by atoms with Gasteiger partial charge in [0.15, 0.2) is 6.29 Å². The molecule has 3 N–H and O–H groups in total. The molecule has 0 aromatic heterocycles. The zero-order chi connectivity index (χ0) is 41.8. The minimum absolute atomic E-state index is 0.0201. The van der Waals surface area contributed by atoms with Crippen LogP contribution >= 0.6 is 0 Å². The van der Waals surface area contributed by atoms with E-state index in [1.807, 2.05) is 31.2 Å². The van der Waals surface area contributed by atoms with Gasteiger partial charge in [0.1, 0.15) is 34.7 Å². The zero-order valence-corrected chi connectivity index (χ0v) is 34.7. The molecule has 13 heteroatoms. The Balaban J connectivity index is 1.35. The summed E-state index contributed by atoms with van der Waals surface area (Å²) in [5, 5.41) is 35.3. The van der Waals surface area contributed by atoms with Gasteiger partial charge in [0.05, 0.1) is 48.4 Å². The van der Waals surface area contributed by atoms with E-state index in [9.17, 15) is 29.7 Å². The normalized spacial score (nSPS) is 24.8. The van der Waals surface area contributed by atoms with E-state index < -0.39 is 30.2 Å². The lowest BCUT2D eigenvalue weighted by atomic mass is 9.74. The number of Topliss-reactive ketones (excluding diaryl/α,β-unsaturated/α-hetero) is 1. The Morgan fingerprint density at radius 2 is 1.95 bits per heavy atom. The van der Waals surface area contributed by atoms with Gasteiger partial charge < -0.3 is 43.9 Å². The van der Waals surface area contributed by atoms with Crippen LogP contribution in [0.5, 0.6) is 17.2 Å². The molecule has 4 aliphatic heterocycles. The molecule has 0 amide bonds. The number of aliphatic hydroxyl groups is 3. The van der Waals surface area contributed by atoms with E-state index in [-0.39, 0.29) is 85.2 Å². The maximum absolute atomic E-state index is 13.7. The number of allylic oxidation sites excluding steroid dienone is 3. The molecule has 4 heterocycles. The molecule has 5 atom stereocenters. The number of nitrogens with zero attached hydrogens (tertiary/aromatic N) is 2. The summed E-state index contributed by atoms with van der Waals surface area (Å²) in [7, 11) is 1.71. The van der Waals surface area contributed by atoms with Crippen LogP contribution < -0.4 is 24.8 Å². The molecule has 5 unspecified atom stereocenters. The lowest BCUT2D eigenvalue weighted by Crippen LogP contribution is -2.54. The highest BCUT2D eigenvalue weighted by Crippen LogP contribution is 2.57. The first-order chi connectivity index (χ1) is 28.6. The topological polar surface area (TPSA) is 174 Å². The Labute approximate surface area is 345 Å². The van der Waals surface area contributed by atoms with Crippen LogP contribution in [0.4, 0.5) is 0 Å².